The van der Waals surface area contributed by atoms with Gasteiger partial charge in [-0.05, 0) is 83.5 Å². The normalized spacial score (nSPS) is 31.7. The Morgan fingerprint density at radius 1 is 0.758 bits per heavy atom. The van der Waals surface area contributed by atoms with E-state index in [2.05, 4.69) is 117 Å². The predicted molar refractivity (Wildman–Crippen MR) is 269 cm³/mol. The van der Waals surface area contributed by atoms with Gasteiger partial charge in [0.05, 0.1) is 35.9 Å². The summed E-state index contributed by atoms with van der Waals surface area (Å²) in [4.78, 5) is 32.2. The van der Waals surface area contributed by atoms with Gasteiger partial charge in [0.15, 0.2) is 14.8 Å². The average Bonchev–Trinajstić information content (AvgIpc) is 3.23. The smallest absolute Gasteiger partial charge is 0.344 e. The third-order valence-electron chi connectivity index (χ3n) is 16.7. The van der Waals surface area contributed by atoms with Gasteiger partial charge in [0.25, 0.3) is 0 Å². The summed E-state index contributed by atoms with van der Waals surface area (Å²) in [6.45, 7) is 37.9. The van der Waals surface area contributed by atoms with E-state index in [0.29, 0.717) is 5.56 Å². The lowest BCUT2D eigenvalue weighted by atomic mass is 9.44. The number of benzene rings is 1. The van der Waals surface area contributed by atoms with Crippen LogP contribution in [0.15, 0.2) is 41.5 Å². The molecular weight excluding hydrogens is 905 g/mol. The first-order valence-corrected chi connectivity index (χ1v) is 33.4. The number of fused-ring (bicyclic) bond motifs is 5. The molecule has 1 aromatic carbocycles. The van der Waals surface area contributed by atoms with Crippen LogP contribution in [-0.2, 0) is 45.3 Å². The molecule has 0 spiro atoms. The molecule has 1 heterocycles. The maximum absolute atomic E-state index is 17.2. The molecule has 4 aliphatic rings. The molecular formula is C50H88O12Si4. The van der Waals surface area contributed by atoms with Gasteiger partial charge in [-0.3, -0.25) is 4.79 Å². The Labute approximate surface area is 403 Å². The van der Waals surface area contributed by atoms with Gasteiger partial charge in [0, 0.05) is 45.5 Å². The Morgan fingerprint density at radius 3 is 1.65 bits per heavy atom. The number of ketones is 1. The van der Waals surface area contributed by atoms with Crippen LogP contribution in [0.4, 0.5) is 0 Å². The second kappa shape index (κ2) is 20.0. The summed E-state index contributed by atoms with van der Waals surface area (Å²) in [5.74, 6) is -1.96. The van der Waals surface area contributed by atoms with E-state index in [0.717, 1.165) is 11.1 Å². The Kier molecular flexibility index (Phi) is 16.8. The molecule has 1 aromatic rings. The molecule has 16 heteroatoms. The van der Waals surface area contributed by atoms with Gasteiger partial charge < -0.3 is 45.6 Å². The molecule has 0 aromatic heterocycles. The molecule has 2 bridgehead atoms. The van der Waals surface area contributed by atoms with Crippen molar-refractivity contribution in [2.75, 3.05) is 27.9 Å². The van der Waals surface area contributed by atoms with E-state index in [4.69, 9.17) is 40.5 Å². The van der Waals surface area contributed by atoms with Gasteiger partial charge in [-0.15, -0.1) is 0 Å². The molecule has 0 amide bonds. The lowest BCUT2D eigenvalue weighted by Gasteiger charge is -2.69. The summed E-state index contributed by atoms with van der Waals surface area (Å²) in [7, 11) is -6.50. The summed E-state index contributed by atoms with van der Waals surface area (Å²) >= 11 is 0. The van der Waals surface area contributed by atoms with E-state index in [1.54, 1.807) is 45.6 Å². The number of esters is 1. The maximum atomic E-state index is 17.2. The lowest BCUT2D eigenvalue weighted by molar-refractivity contribution is -0.341. The molecule has 3 aliphatic carbocycles. The van der Waals surface area contributed by atoms with Gasteiger partial charge in [0.1, 0.15) is 23.4 Å². The van der Waals surface area contributed by atoms with Crippen molar-refractivity contribution in [3.63, 3.8) is 0 Å². The molecule has 9 atom stereocenters. The van der Waals surface area contributed by atoms with Gasteiger partial charge >= 0.3 is 31.7 Å². The average molecular weight is 994 g/mol. The van der Waals surface area contributed by atoms with E-state index in [1.807, 2.05) is 13.0 Å². The largest absolute Gasteiger partial charge is 0.455 e. The predicted octanol–water partition coefficient (Wildman–Crippen LogP) is 10.3. The second-order valence-corrected chi connectivity index (χ2v) is 38.3. The monoisotopic (exact) mass is 993 g/mol. The van der Waals surface area contributed by atoms with Crippen molar-refractivity contribution in [3.8, 4) is 0 Å². The molecule has 1 aliphatic heterocycles. The molecule has 1 N–H and O–H groups in total. The van der Waals surface area contributed by atoms with Crippen molar-refractivity contribution < 1.29 is 55.2 Å². The van der Waals surface area contributed by atoms with Crippen LogP contribution in [0.1, 0.15) is 134 Å². The lowest BCUT2D eigenvalue weighted by Crippen LogP contribution is -2.82. The van der Waals surface area contributed by atoms with Crippen LogP contribution in [0.25, 0.3) is 0 Å². The molecule has 12 nitrogen and oxygen atoms in total. The Balaban J connectivity index is 2.04. The Hall–Kier alpha value is -1.39. The second-order valence-electron chi connectivity index (χ2n) is 22.7. The fraction of sp³-hybridized carbons (Fsp3) is 0.800. The topological polar surface area (TPSA) is 137 Å². The van der Waals surface area contributed by atoms with Crippen LogP contribution in [-0.4, -0.2) is 121 Å². The van der Waals surface area contributed by atoms with Gasteiger partial charge in [-0.1, -0.05) is 115 Å². The fourth-order valence-corrected chi connectivity index (χ4v) is 25.5. The highest BCUT2D eigenvalue weighted by molar-refractivity contribution is 6.71. The minimum atomic E-state index is -3.30. The van der Waals surface area contributed by atoms with E-state index < -0.39 is 99.2 Å². The fourth-order valence-electron chi connectivity index (χ4n) is 13.3. The summed E-state index contributed by atoms with van der Waals surface area (Å²) in [5.41, 5.74) is -3.82. The first-order chi connectivity index (χ1) is 30.5. The SMILES string of the molecule is CO[Si](O[C@H]1C(=O)[C@@]2(C)C([C@H](OC(=O)c3ccccc3)[C@]3(O[SiH](C)C)C[C@H](O[Si](OC)(C(C)C)C(C)C)C(C)=C1C3(C)C)[C@]1(O)COC1C[C@@H]2O[Si](OC)(C(C)C)C(C)C)(C(C)C)C(C)C. The Bertz CT molecular complexity index is 1880. The molecule has 376 valence electrons. The van der Waals surface area contributed by atoms with Gasteiger partial charge in [-0.2, -0.15) is 0 Å². The zero-order chi connectivity index (χ0) is 49.9. The third kappa shape index (κ3) is 8.66. The molecule has 66 heavy (non-hydrogen) atoms. The van der Waals surface area contributed by atoms with Crippen LogP contribution >= 0.6 is 0 Å². The van der Waals surface area contributed by atoms with Crippen LogP contribution in [0, 0.1) is 16.7 Å². The highest BCUT2D eigenvalue weighted by Gasteiger charge is 2.78. The quantitative estimate of drug-likeness (QED) is 0.0802. The van der Waals surface area contributed by atoms with Crippen LogP contribution in [0.3, 0.4) is 0 Å². The number of ether oxygens (including phenoxy) is 2. The number of carbonyl (C=O) groups is 2. The first kappa shape index (κ1) is 55.5. The van der Waals surface area contributed by atoms with Crippen molar-refractivity contribution >= 4 is 46.5 Å². The zero-order valence-electron chi connectivity index (χ0n) is 44.5. The van der Waals surface area contributed by atoms with Crippen LogP contribution in [0.5, 0.6) is 0 Å². The van der Waals surface area contributed by atoms with E-state index in [-0.39, 0.29) is 58.5 Å². The minimum Gasteiger partial charge on any atom is -0.455 e. The van der Waals surface area contributed by atoms with Crippen molar-refractivity contribution in [1.29, 1.82) is 0 Å². The summed E-state index contributed by atoms with van der Waals surface area (Å²) < 4.78 is 64.0. The summed E-state index contributed by atoms with van der Waals surface area (Å²) in [5, 5.41) is 13.6. The number of Topliss-reactive ketones (excluding diaryl/α,β-unsaturated/α-hetero) is 1. The van der Waals surface area contributed by atoms with Gasteiger partial charge in [0.2, 0.25) is 0 Å². The zero-order valence-corrected chi connectivity index (χ0v) is 48.6. The highest BCUT2D eigenvalue weighted by atomic mass is 28.4. The molecule has 2 saturated carbocycles. The molecule has 1 saturated heterocycles. The van der Waals surface area contributed by atoms with Gasteiger partial charge in [-0.25, -0.2) is 4.79 Å². The summed E-state index contributed by atoms with van der Waals surface area (Å²) in [6, 6.07) is 8.93. The molecule has 5 rings (SSSR count). The van der Waals surface area contributed by atoms with Crippen LogP contribution < -0.4 is 0 Å². The number of carbonyl (C=O) groups excluding carboxylic acids is 2. The van der Waals surface area contributed by atoms with E-state index in [9.17, 15) is 5.11 Å². The van der Waals surface area contributed by atoms with Crippen molar-refractivity contribution in [2.24, 2.45) is 16.7 Å². The van der Waals surface area contributed by atoms with E-state index in [1.165, 1.54) is 0 Å². The molecule has 2 unspecified atom stereocenters. The third-order valence-corrected chi connectivity index (χ3v) is 31.1. The van der Waals surface area contributed by atoms with Crippen molar-refractivity contribution in [2.45, 2.75) is 212 Å². The van der Waals surface area contributed by atoms with Crippen molar-refractivity contribution in [1.82, 2.24) is 0 Å². The van der Waals surface area contributed by atoms with Crippen LogP contribution in [0.2, 0.25) is 46.3 Å². The number of rotatable bonds is 19. The number of hydrogen-bond donors (Lipinski definition) is 1. The molecule has 0 radical (unpaired) electrons. The highest BCUT2D eigenvalue weighted by Crippen LogP contribution is 2.66. The molecule has 3 fully saturated rings. The van der Waals surface area contributed by atoms with E-state index >= 15 is 9.59 Å². The maximum Gasteiger partial charge on any atom is 0.344 e. The first-order valence-electron chi connectivity index (χ1n) is 24.7. The standard InChI is InChI=1S/C50H88O12Si4/c1-30(2)64(54-17,31(3)4)59-38-28-50(62-63(20)21)45(58-46(52)37-25-23-22-24-26-37)43-48(16,39(27-40-49(43,53)29-57-40)60-65(55-18,32(5)6)33(7)8)44(51)42(41(36(38)13)47(50,14)15)61-66(56-19,34(9)10)35(11)12/h22-26,30-35,38-40,42-43,45,53,63H,27-29H2,1-21H3/t38-,39-,40?,42+,43?,45-,48+,49-,50+/m0/s1. The number of hydrogen-bond acceptors (Lipinski definition) is 12. The number of aliphatic hydroxyl groups is 1. The minimum absolute atomic E-state index is 0.0135. The Morgan fingerprint density at radius 2 is 1.23 bits per heavy atom. The summed E-state index contributed by atoms with van der Waals surface area (Å²) in [6.07, 6.45) is -4.20. The van der Waals surface area contributed by atoms with Crippen molar-refractivity contribution in [3.05, 3.63) is 47.0 Å².